The van der Waals surface area contributed by atoms with Gasteiger partial charge in [0.05, 0.1) is 12.1 Å². The molecule has 1 heterocycles. The van der Waals surface area contributed by atoms with Crippen molar-refractivity contribution >= 4 is 17.2 Å². The fourth-order valence-electron chi connectivity index (χ4n) is 4.44. The smallest absolute Gasteiger partial charge is 0.217 e. The monoisotopic (exact) mass is 471 g/mol. The van der Waals surface area contributed by atoms with E-state index in [0.717, 1.165) is 35.9 Å². The Bertz CT molecular complexity index is 1090. The number of amides is 1. The van der Waals surface area contributed by atoms with Crippen LogP contribution in [-0.2, 0) is 17.6 Å². The van der Waals surface area contributed by atoms with E-state index in [2.05, 4.69) is 33.8 Å². The lowest BCUT2D eigenvalue weighted by molar-refractivity contribution is -0.120. The largest absolute Gasteiger partial charge is 0.390 e. The summed E-state index contributed by atoms with van der Waals surface area (Å²) in [5.41, 5.74) is 3.93. The highest BCUT2D eigenvalue weighted by Crippen LogP contribution is 2.33. The fraction of sp³-hybridized carbons (Fsp3) is 0.360. The lowest BCUT2D eigenvalue weighted by Gasteiger charge is -2.30. The van der Waals surface area contributed by atoms with Gasteiger partial charge in [0.15, 0.2) is 0 Å². The number of carbonyl (C=O) groups excluding carboxylic acids is 1. The minimum atomic E-state index is -0.937. The number of nitrogens with zero attached hydrogens (tertiary/aromatic N) is 1. The highest BCUT2D eigenvalue weighted by Gasteiger charge is 2.25. The number of nitrogens with one attached hydrogen (secondary N) is 2. The Kier molecular flexibility index (Phi) is 7.47. The highest BCUT2D eigenvalue weighted by molar-refractivity contribution is 7.13. The standard InChI is InChI=1S/C25H27F2N3O2S/c1-15(31)30-23(11-16-9-19(26)13-20(27)10-16)24(32)14-29-22-4-2-3-17-5-6-18(12-21(17)22)25-28-7-8-33-25/h5-10,12-13,22-24,29,32H,2-4,11,14H2,1H3,(H,30,31)/t22-,23-,24+/m0/s1. The van der Waals surface area contributed by atoms with Crippen LogP contribution in [0.25, 0.3) is 10.6 Å². The van der Waals surface area contributed by atoms with Gasteiger partial charge in [0.25, 0.3) is 0 Å². The number of rotatable bonds is 8. The zero-order valence-corrected chi connectivity index (χ0v) is 19.2. The van der Waals surface area contributed by atoms with E-state index in [9.17, 15) is 18.7 Å². The van der Waals surface area contributed by atoms with Crippen molar-refractivity contribution in [1.29, 1.82) is 0 Å². The van der Waals surface area contributed by atoms with Crippen LogP contribution in [0.4, 0.5) is 8.78 Å². The van der Waals surface area contributed by atoms with Gasteiger partial charge < -0.3 is 15.7 Å². The molecule has 0 saturated heterocycles. The number of fused-ring (bicyclic) bond motifs is 1. The normalized spacial score (nSPS) is 17.3. The zero-order valence-electron chi connectivity index (χ0n) is 18.4. The van der Waals surface area contributed by atoms with E-state index in [1.54, 1.807) is 17.5 Å². The Morgan fingerprint density at radius 3 is 2.73 bits per heavy atom. The first-order valence-corrected chi connectivity index (χ1v) is 11.9. The first-order valence-electron chi connectivity index (χ1n) is 11.1. The predicted octanol–water partition coefficient (Wildman–Crippen LogP) is 4.16. The number of benzene rings is 2. The minimum Gasteiger partial charge on any atom is -0.390 e. The van der Waals surface area contributed by atoms with Gasteiger partial charge in [-0.05, 0) is 60.6 Å². The Hall–Kier alpha value is -2.68. The molecule has 3 aromatic rings. The molecule has 0 bridgehead atoms. The van der Waals surface area contributed by atoms with Crippen molar-refractivity contribution in [2.45, 2.75) is 50.8 Å². The molecule has 0 radical (unpaired) electrons. The molecule has 1 aliphatic rings. The SMILES string of the molecule is CC(=O)N[C@@H](Cc1cc(F)cc(F)c1)[C@H](O)CN[C@H]1CCCc2ccc(-c3nccs3)cc21. The van der Waals surface area contributed by atoms with Gasteiger partial charge in [-0.1, -0.05) is 12.1 Å². The maximum atomic E-state index is 13.6. The summed E-state index contributed by atoms with van der Waals surface area (Å²) in [6.07, 6.45) is 3.95. The van der Waals surface area contributed by atoms with Gasteiger partial charge >= 0.3 is 0 Å². The number of hydrogen-bond donors (Lipinski definition) is 3. The lowest BCUT2D eigenvalue weighted by atomic mass is 9.86. The second-order valence-corrected chi connectivity index (χ2v) is 9.35. The van der Waals surface area contributed by atoms with E-state index in [1.807, 2.05) is 5.38 Å². The second kappa shape index (κ2) is 10.5. The predicted molar refractivity (Wildman–Crippen MR) is 125 cm³/mol. The van der Waals surface area contributed by atoms with Crippen molar-refractivity contribution in [3.8, 4) is 10.6 Å². The van der Waals surface area contributed by atoms with Crippen molar-refractivity contribution in [2.75, 3.05) is 6.54 Å². The molecular weight excluding hydrogens is 444 g/mol. The van der Waals surface area contributed by atoms with E-state index in [1.165, 1.54) is 30.2 Å². The average molecular weight is 472 g/mol. The number of aliphatic hydroxyl groups is 1. The van der Waals surface area contributed by atoms with Crippen LogP contribution < -0.4 is 10.6 Å². The van der Waals surface area contributed by atoms with Crippen molar-refractivity contribution in [3.05, 3.63) is 76.3 Å². The van der Waals surface area contributed by atoms with E-state index in [-0.39, 0.29) is 24.9 Å². The van der Waals surface area contributed by atoms with Crippen molar-refractivity contribution in [3.63, 3.8) is 0 Å². The first kappa shape index (κ1) is 23.5. The Balaban J connectivity index is 1.47. The van der Waals surface area contributed by atoms with E-state index in [0.29, 0.717) is 5.56 Å². The molecule has 1 aromatic heterocycles. The quantitative estimate of drug-likeness (QED) is 0.461. The lowest BCUT2D eigenvalue weighted by Crippen LogP contribution is -2.48. The fourth-order valence-corrected chi connectivity index (χ4v) is 5.08. The molecule has 174 valence electrons. The van der Waals surface area contributed by atoms with Gasteiger partial charge in [-0.3, -0.25) is 4.79 Å². The summed E-state index contributed by atoms with van der Waals surface area (Å²) in [5.74, 6) is -1.69. The van der Waals surface area contributed by atoms with Crippen LogP contribution in [0, 0.1) is 11.6 Å². The third kappa shape index (κ3) is 6.01. The van der Waals surface area contributed by atoms with Gasteiger partial charge in [0.2, 0.25) is 5.91 Å². The number of aromatic nitrogens is 1. The minimum absolute atomic E-state index is 0.0629. The summed E-state index contributed by atoms with van der Waals surface area (Å²) in [6.45, 7) is 1.59. The molecule has 1 amide bonds. The van der Waals surface area contributed by atoms with Gasteiger partial charge in [0.1, 0.15) is 16.6 Å². The number of thiazole rings is 1. The third-order valence-electron chi connectivity index (χ3n) is 5.94. The first-order chi connectivity index (χ1) is 15.9. The molecule has 33 heavy (non-hydrogen) atoms. The number of aryl methyl sites for hydroxylation is 1. The molecule has 0 aliphatic heterocycles. The molecular formula is C25H27F2N3O2S. The molecule has 3 N–H and O–H groups in total. The van der Waals surface area contributed by atoms with Crippen LogP contribution in [-0.4, -0.2) is 34.7 Å². The Labute approximate surface area is 195 Å². The molecule has 1 aliphatic carbocycles. The molecule has 8 heteroatoms. The Morgan fingerprint density at radius 1 is 1.24 bits per heavy atom. The maximum Gasteiger partial charge on any atom is 0.217 e. The average Bonchev–Trinajstić information content (AvgIpc) is 3.30. The van der Waals surface area contributed by atoms with Gasteiger partial charge in [0, 0.05) is 42.7 Å². The number of aliphatic hydroxyl groups excluding tert-OH is 1. The van der Waals surface area contributed by atoms with E-state index >= 15 is 0 Å². The van der Waals surface area contributed by atoms with Gasteiger partial charge in [-0.25, -0.2) is 13.8 Å². The van der Waals surface area contributed by atoms with Crippen LogP contribution >= 0.6 is 11.3 Å². The summed E-state index contributed by atoms with van der Waals surface area (Å²) in [6, 6.07) is 9.03. The van der Waals surface area contributed by atoms with Crippen molar-refractivity contribution in [1.82, 2.24) is 15.6 Å². The van der Waals surface area contributed by atoms with Gasteiger partial charge in [-0.2, -0.15) is 0 Å². The van der Waals surface area contributed by atoms with Crippen molar-refractivity contribution < 1.29 is 18.7 Å². The summed E-state index contributed by atoms with van der Waals surface area (Å²) in [5, 5.41) is 20.0. The van der Waals surface area contributed by atoms with Gasteiger partial charge in [-0.15, -0.1) is 11.3 Å². The van der Waals surface area contributed by atoms with Crippen LogP contribution in [0.1, 0.15) is 42.5 Å². The Morgan fingerprint density at radius 2 is 2.03 bits per heavy atom. The number of carbonyl (C=O) groups is 1. The molecule has 4 rings (SSSR count). The summed E-state index contributed by atoms with van der Waals surface area (Å²) in [4.78, 5) is 16.1. The van der Waals surface area contributed by atoms with Crippen LogP contribution in [0.2, 0.25) is 0 Å². The number of halogens is 2. The van der Waals surface area contributed by atoms with Crippen LogP contribution in [0.5, 0.6) is 0 Å². The van der Waals surface area contributed by atoms with E-state index < -0.39 is 23.8 Å². The highest BCUT2D eigenvalue weighted by atomic mass is 32.1. The molecule has 2 aromatic carbocycles. The molecule has 0 unspecified atom stereocenters. The van der Waals surface area contributed by atoms with Crippen LogP contribution in [0.15, 0.2) is 48.0 Å². The molecule has 0 fully saturated rings. The maximum absolute atomic E-state index is 13.6. The molecule has 3 atom stereocenters. The summed E-state index contributed by atoms with van der Waals surface area (Å²) < 4.78 is 27.2. The zero-order chi connectivity index (χ0) is 23.4. The summed E-state index contributed by atoms with van der Waals surface area (Å²) >= 11 is 1.59. The van der Waals surface area contributed by atoms with Crippen LogP contribution in [0.3, 0.4) is 0 Å². The molecule has 0 spiro atoms. The molecule has 0 saturated carbocycles. The number of hydrogen-bond acceptors (Lipinski definition) is 5. The van der Waals surface area contributed by atoms with Crippen molar-refractivity contribution in [2.24, 2.45) is 0 Å². The topological polar surface area (TPSA) is 74.2 Å². The van der Waals surface area contributed by atoms with E-state index in [4.69, 9.17) is 0 Å². The summed E-state index contributed by atoms with van der Waals surface area (Å²) in [7, 11) is 0. The third-order valence-corrected chi connectivity index (χ3v) is 6.77. The second-order valence-electron chi connectivity index (χ2n) is 8.46. The molecule has 5 nitrogen and oxygen atoms in total.